The maximum absolute atomic E-state index is 11.1. The molecule has 0 unspecified atom stereocenters. The van der Waals surface area contributed by atoms with Gasteiger partial charge in [0.1, 0.15) is 0 Å². The number of nitrogens with zero attached hydrogens (tertiary/aromatic N) is 1. The Hall–Kier alpha value is -1.47. The van der Waals surface area contributed by atoms with Crippen molar-refractivity contribution in [3.8, 4) is 0 Å². The van der Waals surface area contributed by atoms with Gasteiger partial charge in [-0.15, -0.1) is 0 Å². The van der Waals surface area contributed by atoms with E-state index in [0.717, 1.165) is 5.56 Å². The molecule has 0 spiro atoms. The maximum atomic E-state index is 11.1. The van der Waals surface area contributed by atoms with E-state index in [-0.39, 0.29) is 18.1 Å². The van der Waals surface area contributed by atoms with Crippen molar-refractivity contribution in [2.24, 2.45) is 0 Å². The number of nitro benzene ring substituents is 1. The summed E-state index contributed by atoms with van der Waals surface area (Å²) in [6.07, 6.45) is 0.278. The third kappa shape index (κ3) is 4.96. The largest absolute Gasteiger partial charge is 0.466 e. The van der Waals surface area contributed by atoms with Gasteiger partial charge in [-0.3, -0.25) is 14.9 Å². The average molecular weight is 331 g/mol. The van der Waals surface area contributed by atoms with Crippen LogP contribution in [0.4, 0.5) is 5.69 Å². The summed E-state index contributed by atoms with van der Waals surface area (Å²) in [4.78, 5) is 21.4. The van der Waals surface area contributed by atoms with Crippen LogP contribution in [-0.4, -0.2) is 24.0 Å². The summed E-state index contributed by atoms with van der Waals surface area (Å²) in [5.41, 5.74) is 0.808. The lowest BCUT2D eigenvalue weighted by molar-refractivity contribution is -0.385. The van der Waals surface area contributed by atoms with Crippen molar-refractivity contribution in [2.75, 3.05) is 13.2 Å². The zero-order valence-corrected chi connectivity index (χ0v) is 12.1. The highest BCUT2D eigenvalue weighted by Gasteiger charge is 2.14. The Kier molecular flexibility index (Phi) is 6.44. The highest BCUT2D eigenvalue weighted by Crippen LogP contribution is 2.27. The minimum absolute atomic E-state index is 0.0321. The lowest BCUT2D eigenvalue weighted by atomic mass is 10.2. The number of hydrogen-bond acceptors (Lipinski definition) is 5. The number of carbonyl (C=O) groups is 1. The first-order valence-corrected chi connectivity index (χ1v) is 6.63. The number of rotatable bonds is 7. The first-order chi connectivity index (χ1) is 9.06. The summed E-state index contributed by atoms with van der Waals surface area (Å²) in [7, 11) is 0. The molecule has 0 amide bonds. The second-order valence-electron chi connectivity index (χ2n) is 3.74. The Morgan fingerprint density at radius 1 is 1.53 bits per heavy atom. The number of nitro groups is 1. The molecule has 0 atom stereocenters. The van der Waals surface area contributed by atoms with Gasteiger partial charge in [0.2, 0.25) is 0 Å². The van der Waals surface area contributed by atoms with Crippen LogP contribution in [0.25, 0.3) is 0 Å². The van der Waals surface area contributed by atoms with Gasteiger partial charge in [-0.1, -0.05) is 12.1 Å². The van der Waals surface area contributed by atoms with Crippen molar-refractivity contribution in [2.45, 2.75) is 19.9 Å². The van der Waals surface area contributed by atoms with Crippen LogP contribution in [-0.2, 0) is 16.1 Å². The normalized spacial score (nSPS) is 10.2. The second-order valence-corrected chi connectivity index (χ2v) is 4.53. The quantitative estimate of drug-likeness (QED) is 0.359. The van der Waals surface area contributed by atoms with Crippen molar-refractivity contribution in [3.63, 3.8) is 0 Å². The highest BCUT2D eigenvalue weighted by atomic mass is 79.9. The summed E-state index contributed by atoms with van der Waals surface area (Å²) >= 11 is 3.21. The molecule has 0 bridgehead atoms. The maximum Gasteiger partial charge on any atom is 0.307 e. The summed E-state index contributed by atoms with van der Waals surface area (Å²) < 4.78 is 5.25. The Morgan fingerprint density at radius 2 is 2.26 bits per heavy atom. The first-order valence-electron chi connectivity index (χ1n) is 5.84. The molecule has 0 radical (unpaired) electrons. The van der Waals surface area contributed by atoms with Crippen molar-refractivity contribution < 1.29 is 14.5 Å². The van der Waals surface area contributed by atoms with Gasteiger partial charge in [-0.2, -0.15) is 0 Å². The molecule has 19 heavy (non-hydrogen) atoms. The SMILES string of the molecule is CCOC(=O)CCNCc1cccc([N+](=O)[O-])c1Br. The smallest absolute Gasteiger partial charge is 0.307 e. The summed E-state index contributed by atoms with van der Waals surface area (Å²) in [6.45, 7) is 3.04. The monoisotopic (exact) mass is 330 g/mol. The third-order valence-corrected chi connectivity index (χ3v) is 3.30. The molecule has 7 heteroatoms. The lowest BCUT2D eigenvalue weighted by Gasteiger charge is -2.07. The standard InChI is InChI=1S/C12H15BrN2O4/c1-2-19-11(16)6-7-14-8-9-4-3-5-10(12(9)13)15(17)18/h3-5,14H,2,6-8H2,1H3. The van der Waals surface area contributed by atoms with Gasteiger partial charge in [0, 0.05) is 19.2 Å². The number of ether oxygens (including phenoxy) is 1. The molecular formula is C12H15BrN2O4. The van der Waals surface area contributed by atoms with Crippen LogP contribution in [0.15, 0.2) is 22.7 Å². The number of carbonyl (C=O) groups excluding carboxylic acids is 1. The van der Waals surface area contributed by atoms with Crippen LogP contribution >= 0.6 is 15.9 Å². The molecule has 0 aliphatic rings. The summed E-state index contributed by atoms with van der Waals surface area (Å²) in [6, 6.07) is 4.85. The Bertz CT molecular complexity index is 465. The summed E-state index contributed by atoms with van der Waals surface area (Å²) in [5.74, 6) is -0.256. The Morgan fingerprint density at radius 3 is 2.89 bits per heavy atom. The van der Waals surface area contributed by atoms with Crippen molar-refractivity contribution in [1.29, 1.82) is 0 Å². The first kappa shape index (κ1) is 15.6. The van der Waals surface area contributed by atoms with Gasteiger partial charge in [-0.05, 0) is 28.4 Å². The summed E-state index contributed by atoms with van der Waals surface area (Å²) in [5, 5.41) is 13.8. The number of benzene rings is 1. The molecule has 0 fully saturated rings. The zero-order valence-electron chi connectivity index (χ0n) is 10.5. The number of hydrogen-bond donors (Lipinski definition) is 1. The van der Waals surface area contributed by atoms with Crippen LogP contribution in [0.2, 0.25) is 0 Å². The van der Waals surface area contributed by atoms with E-state index in [1.165, 1.54) is 6.07 Å². The number of nitrogens with one attached hydrogen (secondary N) is 1. The Balaban J connectivity index is 2.48. The van der Waals surface area contributed by atoms with Crippen molar-refractivity contribution in [3.05, 3.63) is 38.3 Å². The molecule has 104 valence electrons. The highest BCUT2D eigenvalue weighted by molar-refractivity contribution is 9.10. The minimum Gasteiger partial charge on any atom is -0.466 e. The molecule has 0 saturated carbocycles. The average Bonchev–Trinajstić information content (AvgIpc) is 2.36. The molecule has 0 heterocycles. The molecule has 1 aromatic carbocycles. The molecule has 1 rings (SSSR count). The van der Waals surface area contributed by atoms with E-state index >= 15 is 0 Å². The molecule has 6 nitrogen and oxygen atoms in total. The van der Waals surface area contributed by atoms with E-state index in [1.807, 2.05) is 0 Å². The number of halogens is 1. The third-order valence-electron chi connectivity index (χ3n) is 2.38. The van der Waals surface area contributed by atoms with Crippen LogP contribution in [0.5, 0.6) is 0 Å². The van der Waals surface area contributed by atoms with Gasteiger partial charge in [-0.25, -0.2) is 0 Å². The van der Waals surface area contributed by atoms with Gasteiger partial charge < -0.3 is 10.1 Å². The van der Waals surface area contributed by atoms with Crippen molar-refractivity contribution >= 4 is 27.6 Å². The minimum atomic E-state index is -0.438. The van der Waals surface area contributed by atoms with Crippen LogP contribution in [0, 0.1) is 10.1 Å². The fraction of sp³-hybridized carbons (Fsp3) is 0.417. The fourth-order valence-electron chi connectivity index (χ4n) is 1.49. The molecule has 0 aliphatic carbocycles. The van der Waals surface area contributed by atoms with Gasteiger partial charge in [0.15, 0.2) is 0 Å². The second kappa shape index (κ2) is 7.85. The van der Waals surface area contributed by atoms with Gasteiger partial charge in [0.25, 0.3) is 5.69 Å². The van der Waals surface area contributed by atoms with E-state index in [9.17, 15) is 14.9 Å². The molecule has 0 aromatic heterocycles. The molecule has 1 aromatic rings. The topological polar surface area (TPSA) is 81.5 Å². The number of esters is 1. The molecule has 1 N–H and O–H groups in total. The van der Waals surface area contributed by atoms with Crippen molar-refractivity contribution in [1.82, 2.24) is 5.32 Å². The van der Waals surface area contributed by atoms with E-state index in [0.29, 0.717) is 24.2 Å². The van der Waals surface area contributed by atoms with E-state index in [1.54, 1.807) is 19.1 Å². The van der Waals surface area contributed by atoms with Crippen LogP contribution < -0.4 is 5.32 Å². The molecular weight excluding hydrogens is 316 g/mol. The van der Waals surface area contributed by atoms with E-state index in [4.69, 9.17) is 4.74 Å². The molecule has 0 aliphatic heterocycles. The predicted molar refractivity (Wildman–Crippen MR) is 73.8 cm³/mol. The Labute approximate surface area is 119 Å². The van der Waals surface area contributed by atoms with E-state index < -0.39 is 4.92 Å². The molecule has 0 saturated heterocycles. The van der Waals surface area contributed by atoms with Crippen LogP contribution in [0.1, 0.15) is 18.9 Å². The van der Waals surface area contributed by atoms with Crippen LogP contribution in [0.3, 0.4) is 0 Å². The lowest BCUT2D eigenvalue weighted by Crippen LogP contribution is -2.19. The van der Waals surface area contributed by atoms with Gasteiger partial charge >= 0.3 is 5.97 Å². The zero-order chi connectivity index (χ0) is 14.3. The predicted octanol–water partition coefficient (Wildman–Crippen LogP) is 2.40. The van der Waals surface area contributed by atoms with E-state index in [2.05, 4.69) is 21.2 Å². The fourth-order valence-corrected chi connectivity index (χ4v) is 2.04. The van der Waals surface area contributed by atoms with Gasteiger partial charge in [0.05, 0.1) is 22.4 Å².